The first-order chi connectivity index (χ1) is 4.14. The topological polar surface area (TPSA) is 54.5 Å². The van der Waals surface area contributed by atoms with Gasteiger partial charge in [0.15, 0.2) is 9.84 Å². The lowest BCUT2D eigenvalue weighted by molar-refractivity contribution is -0.116. The zero-order chi connectivity index (χ0) is 6.91. The Balaban J connectivity index is 2.68. The standard InChI is InChI=1S/C4H7NO3S/c6-3-5-1-2-9(7,8)4-5/h3H,1-2,4H2. The SMILES string of the molecule is O=CN1CCS(=O)(=O)C1. The first-order valence-corrected chi connectivity index (χ1v) is 4.36. The van der Waals surface area contributed by atoms with E-state index in [1.807, 2.05) is 0 Å². The van der Waals surface area contributed by atoms with Crippen LogP contribution in [0.5, 0.6) is 0 Å². The molecule has 1 aliphatic rings. The zero-order valence-corrected chi connectivity index (χ0v) is 5.60. The number of carbonyl (C=O) groups is 1. The van der Waals surface area contributed by atoms with Crippen molar-refractivity contribution in [1.29, 1.82) is 0 Å². The minimum Gasteiger partial charge on any atom is -0.330 e. The maximum atomic E-state index is 10.6. The summed E-state index contributed by atoms with van der Waals surface area (Å²) in [4.78, 5) is 11.2. The van der Waals surface area contributed by atoms with E-state index >= 15 is 0 Å². The van der Waals surface area contributed by atoms with Crippen LogP contribution in [0.3, 0.4) is 0 Å². The van der Waals surface area contributed by atoms with Gasteiger partial charge in [-0.1, -0.05) is 0 Å². The van der Waals surface area contributed by atoms with Gasteiger partial charge in [0.2, 0.25) is 6.41 Å². The Labute approximate surface area is 53.4 Å². The summed E-state index contributed by atoms with van der Waals surface area (Å²) in [7, 11) is -2.91. The monoisotopic (exact) mass is 149 g/mol. The highest BCUT2D eigenvalue weighted by atomic mass is 32.2. The van der Waals surface area contributed by atoms with E-state index in [-0.39, 0.29) is 11.6 Å². The van der Waals surface area contributed by atoms with Crippen molar-refractivity contribution in [2.24, 2.45) is 0 Å². The van der Waals surface area contributed by atoms with Crippen molar-refractivity contribution in [1.82, 2.24) is 4.90 Å². The van der Waals surface area contributed by atoms with Crippen LogP contribution in [0.4, 0.5) is 0 Å². The Kier molecular flexibility index (Phi) is 1.44. The van der Waals surface area contributed by atoms with Crippen LogP contribution in [0.1, 0.15) is 0 Å². The molecule has 9 heavy (non-hydrogen) atoms. The van der Waals surface area contributed by atoms with Crippen molar-refractivity contribution in [2.75, 3.05) is 18.2 Å². The molecule has 52 valence electrons. The van der Waals surface area contributed by atoms with E-state index in [1.54, 1.807) is 0 Å². The van der Waals surface area contributed by atoms with Gasteiger partial charge in [-0.2, -0.15) is 0 Å². The van der Waals surface area contributed by atoms with Crippen molar-refractivity contribution < 1.29 is 13.2 Å². The fourth-order valence-corrected chi connectivity index (χ4v) is 2.06. The molecule has 1 rings (SSSR count). The molecule has 1 fully saturated rings. The molecule has 1 amide bonds. The predicted octanol–water partition coefficient (Wildman–Crippen LogP) is -1.17. The Morgan fingerprint density at radius 3 is 2.33 bits per heavy atom. The summed E-state index contributed by atoms with van der Waals surface area (Å²) in [6, 6.07) is 0. The fourth-order valence-electron chi connectivity index (χ4n) is 0.721. The molecular formula is C4H7NO3S. The van der Waals surface area contributed by atoms with E-state index in [9.17, 15) is 13.2 Å². The number of sulfone groups is 1. The predicted molar refractivity (Wildman–Crippen MR) is 31.4 cm³/mol. The second-order valence-corrected chi connectivity index (χ2v) is 4.15. The quantitative estimate of drug-likeness (QED) is 0.441. The van der Waals surface area contributed by atoms with Gasteiger partial charge in [-0.15, -0.1) is 0 Å². The van der Waals surface area contributed by atoms with Crippen LogP contribution in [-0.2, 0) is 14.6 Å². The molecule has 1 heterocycles. The van der Waals surface area contributed by atoms with Crippen LogP contribution >= 0.6 is 0 Å². The molecule has 0 atom stereocenters. The third kappa shape index (κ3) is 1.41. The molecule has 0 aliphatic carbocycles. The lowest BCUT2D eigenvalue weighted by Gasteiger charge is -2.01. The Morgan fingerprint density at radius 2 is 2.11 bits per heavy atom. The Bertz CT molecular complexity index is 208. The highest BCUT2D eigenvalue weighted by molar-refractivity contribution is 7.91. The number of amides is 1. The molecule has 0 bridgehead atoms. The number of hydrogen-bond acceptors (Lipinski definition) is 3. The van der Waals surface area contributed by atoms with Crippen LogP contribution in [-0.4, -0.2) is 37.9 Å². The smallest absolute Gasteiger partial charge is 0.210 e. The van der Waals surface area contributed by atoms with E-state index in [1.165, 1.54) is 4.90 Å². The second kappa shape index (κ2) is 1.98. The maximum Gasteiger partial charge on any atom is 0.210 e. The van der Waals surface area contributed by atoms with Crippen molar-refractivity contribution in [3.05, 3.63) is 0 Å². The third-order valence-electron chi connectivity index (χ3n) is 1.20. The molecule has 4 nitrogen and oxygen atoms in total. The Hall–Kier alpha value is -0.580. The van der Waals surface area contributed by atoms with Gasteiger partial charge in [0.05, 0.1) is 5.75 Å². The van der Waals surface area contributed by atoms with Gasteiger partial charge in [-0.25, -0.2) is 8.42 Å². The van der Waals surface area contributed by atoms with Crippen LogP contribution < -0.4 is 0 Å². The summed E-state index contributed by atoms with van der Waals surface area (Å²) >= 11 is 0. The van der Waals surface area contributed by atoms with Gasteiger partial charge >= 0.3 is 0 Å². The lowest BCUT2D eigenvalue weighted by Crippen LogP contribution is -2.17. The molecule has 0 radical (unpaired) electrons. The number of carbonyl (C=O) groups excluding carboxylic acids is 1. The van der Waals surface area contributed by atoms with E-state index in [2.05, 4.69) is 0 Å². The molecule has 0 N–H and O–H groups in total. The zero-order valence-electron chi connectivity index (χ0n) is 4.78. The molecule has 1 saturated heterocycles. The van der Waals surface area contributed by atoms with Crippen molar-refractivity contribution in [2.45, 2.75) is 0 Å². The summed E-state index contributed by atoms with van der Waals surface area (Å²) < 4.78 is 21.2. The van der Waals surface area contributed by atoms with E-state index in [0.29, 0.717) is 13.0 Å². The van der Waals surface area contributed by atoms with Gasteiger partial charge in [0, 0.05) is 6.54 Å². The molecule has 0 aromatic heterocycles. The summed E-state index contributed by atoms with van der Waals surface area (Å²) in [5, 5.41) is 0. The molecule has 0 spiro atoms. The molecule has 0 aromatic rings. The van der Waals surface area contributed by atoms with E-state index in [4.69, 9.17) is 0 Å². The summed E-state index contributed by atoms with van der Waals surface area (Å²) in [6.07, 6.45) is 0.560. The van der Waals surface area contributed by atoms with Gasteiger partial charge in [-0.3, -0.25) is 4.79 Å². The van der Waals surface area contributed by atoms with Gasteiger partial charge in [-0.05, 0) is 0 Å². The largest absolute Gasteiger partial charge is 0.330 e. The van der Waals surface area contributed by atoms with Crippen LogP contribution in [0.25, 0.3) is 0 Å². The van der Waals surface area contributed by atoms with E-state index in [0.717, 1.165) is 0 Å². The first-order valence-electron chi connectivity index (χ1n) is 2.54. The number of nitrogens with zero attached hydrogens (tertiary/aromatic N) is 1. The van der Waals surface area contributed by atoms with Gasteiger partial charge in [0.25, 0.3) is 0 Å². The molecule has 5 heteroatoms. The molecule has 0 unspecified atom stereocenters. The summed E-state index contributed by atoms with van der Waals surface area (Å²) in [6.45, 7) is 0.353. The van der Waals surface area contributed by atoms with Gasteiger partial charge in [0.1, 0.15) is 5.88 Å². The number of hydrogen-bond donors (Lipinski definition) is 0. The van der Waals surface area contributed by atoms with Crippen molar-refractivity contribution in [3.63, 3.8) is 0 Å². The van der Waals surface area contributed by atoms with Crippen molar-refractivity contribution in [3.8, 4) is 0 Å². The minimum atomic E-state index is -2.91. The normalized spacial score (nSPS) is 24.2. The minimum absolute atomic E-state index is 0.101. The lowest BCUT2D eigenvalue weighted by atomic mass is 10.7. The Morgan fingerprint density at radius 1 is 1.44 bits per heavy atom. The molecule has 1 aliphatic heterocycles. The van der Waals surface area contributed by atoms with Crippen LogP contribution in [0.2, 0.25) is 0 Å². The first kappa shape index (κ1) is 6.54. The summed E-state index contributed by atoms with van der Waals surface area (Å²) in [5.41, 5.74) is 0. The maximum absolute atomic E-state index is 10.6. The van der Waals surface area contributed by atoms with E-state index < -0.39 is 9.84 Å². The average molecular weight is 149 g/mol. The van der Waals surface area contributed by atoms with Crippen LogP contribution in [0.15, 0.2) is 0 Å². The molecule has 0 saturated carbocycles. The second-order valence-electron chi connectivity index (χ2n) is 1.99. The highest BCUT2D eigenvalue weighted by Gasteiger charge is 2.23. The molecular weight excluding hydrogens is 142 g/mol. The van der Waals surface area contributed by atoms with Crippen LogP contribution in [0, 0.1) is 0 Å². The number of rotatable bonds is 1. The average Bonchev–Trinajstić information content (AvgIpc) is 2.10. The summed E-state index contributed by atoms with van der Waals surface area (Å²) in [5.74, 6) is 0.0161. The third-order valence-corrected chi connectivity index (χ3v) is 2.73. The van der Waals surface area contributed by atoms with Crippen molar-refractivity contribution >= 4 is 16.2 Å². The molecule has 0 aromatic carbocycles. The highest BCUT2D eigenvalue weighted by Crippen LogP contribution is 2.02. The van der Waals surface area contributed by atoms with Gasteiger partial charge < -0.3 is 4.90 Å². The fraction of sp³-hybridized carbons (Fsp3) is 0.750.